The van der Waals surface area contributed by atoms with Gasteiger partial charge in [0.1, 0.15) is 0 Å². The van der Waals surface area contributed by atoms with Gasteiger partial charge in [0, 0.05) is 18.5 Å². The Hall–Kier alpha value is -2.18. The van der Waals surface area contributed by atoms with E-state index in [2.05, 4.69) is 10.6 Å². The zero-order chi connectivity index (χ0) is 14.7. The lowest BCUT2D eigenvalue weighted by molar-refractivity contribution is 0.0696. The van der Waals surface area contributed by atoms with E-state index in [0.717, 1.165) is 5.56 Å². The number of carbonyl (C=O) groups excluding carboxylic acids is 1. The molecule has 2 amide bonds. The Labute approximate surface area is 114 Å². The first-order chi connectivity index (χ1) is 9.47. The fourth-order valence-corrected chi connectivity index (χ4v) is 1.83. The number of benzene rings is 1. The lowest BCUT2D eigenvalue weighted by Crippen LogP contribution is -2.37. The van der Waals surface area contributed by atoms with Gasteiger partial charge in [-0.25, -0.2) is 18.4 Å². The summed E-state index contributed by atoms with van der Waals surface area (Å²) in [4.78, 5) is 22.1. The van der Waals surface area contributed by atoms with Crippen LogP contribution in [0, 0.1) is 5.92 Å². The number of alkyl halides is 2. The third-order valence-corrected chi connectivity index (χ3v) is 3.13. The first-order valence-corrected chi connectivity index (χ1v) is 6.12. The van der Waals surface area contributed by atoms with E-state index in [1.165, 1.54) is 12.1 Å². The van der Waals surface area contributed by atoms with Crippen molar-refractivity contribution in [2.45, 2.75) is 25.4 Å². The molecule has 1 aliphatic rings. The molecule has 2 rings (SSSR count). The van der Waals surface area contributed by atoms with Gasteiger partial charge in [-0.1, -0.05) is 12.1 Å². The number of hydrogen-bond donors (Lipinski definition) is 3. The number of aromatic carboxylic acids is 1. The summed E-state index contributed by atoms with van der Waals surface area (Å²) in [6.45, 7) is 0.206. The van der Waals surface area contributed by atoms with Crippen molar-refractivity contribution in [2.75, 3.05) is 0 Å². The summed E-state index contributed by atoms with van der Waals surface area (Å²) in [7, 11) is 0. The molecule has 0 heterocycles. The number of hydrogen-bond acceptors (Lipinski definition) is 2. The molecule has 1 saturated carbocycles. The van der Waals surface area contributed by atoms with Crippen molar-refractivity contribution < 1.29 is 23.5 Å². The molecule has 1 aromatic rings. The van der Waals surface area contributed by atoms with Crippen LogP contribution in [0.1, 0.15) is 22.3 Å². The smallest absolute Gasteiger partial charge is 0.335 e. The van der Waals surface area contributed by atoms with Gasteiger partial charge >= 0.3 is 12.0 Å². The molecule has 0 unspecified atom stereocenters. The van der Waals surface area contributed by atoms with Gasteiger partial charge in [0.2, 0.25) is 6.43 Å². The van der Waals surface area contributed by atoms with E-state index in [1.54, 1.807) is 12.1 Å². The maximum absolute atomic E-state index is 12.3. The number of rotatable bonds is 5. The molecule has 0 aliphatic heterocycles. The quantitative estimate of drug-likeness (QED) is 0.772. The van der Waals surface area contributed by atoms with Crippen molar-refractivity contribution in [3.05, 3.63) is 35.4 Å². The molecular formula is C13H14F2N2O3. The lowest BCUT2D eigenvalue weighted by atomic mass is 10.1. The molecule has 2 atom stereocenters. The Morgan fingerprint density at radius 3 is 2.45 bits per heavy atom. The van der Waals surface area contributed by atoms with Crippen LogP contribution in [-0.2, 0) is 6.54 Å². The van der Waals surface area contributed by atoms with Crippen LogP contribution in [0.2, 0.25) is 0 Å². The van der Waals surface area contributed by atoms with Crippen LogP contribution in [0.25, 0.3) is 0 Å². The predicted molar refractivity (Wildman–Crippen MR) is 66.7 cm³/mol. The van der Waals surface area contributed by atoms with Crippen molar-refractivity contribution >= 4 is 12.0 Å². The normalized spacial score (nSPS) is 20.6. The topological polar surface area (TPSA) is 78.4 Å². The van der Waals surface area contributed by atoms with Crippen LogP contribution in [0.4, 0.5) is 13.6 Å². The van der Waals surface area contributed by atoms with Crippen molar-refractivity contribution in [3.63, 3.8) is 0 Å². The minimum absolute atomic E-state index is 0.163. The zero-order valence-corrected chi connectivity index (χ0v) is 10.5. The average molecular weight is 284 g/mol. The van der Waals surface area contributed by atoms with Crippen LogP contribution in [0.5, 0.6) is 0 Å². The summed E-state index contributed by atoms with van der Waals surface area (Å²) in [6, 6.07) is 5.09. The van der Waals surface area contributed by atoms with E-state index >= 15 is 0 Å². The summed E-state index contributed by atoms with van der Waals surface area (Å²) in [5, 5.41) is 13.7. The van der Waals surface area contributed by atoms with E-state index in [4.69, 9.17) is 5.11 Å². The molecule has 3 N–H and O–H groups in total. The maximum Gasteiger partial charge on any atom is 0.335 e. The molecule has 0 aromatic heterocycles. The van der Waals surface area contributed by atoms with Crippen LogP contribution in [-0.4, -0.2) is 29.6 Å². The number of carboxylic acids is 1. The van der Waals surface area contributed by atoms with Gasteiger partial charge in [0.15, 0.2) is 0 Å². The standard InChI is InChI=1S/C13H14F2N2O3/c14-11(15)9-5-10(9)17-13(20)16-6-7-1-3-8(4-2-7)12(18)19/h1-4,9-11H,5-6H2,(H,18,19)(H2,16,17,20)/t9-,10-/m0/s1. The second kappa shape index (κ2) is 5.85. The third kappa shape index (κ3) is 3.66. The summed E-state index contributed by atoms with van der Waals surface area (Å²) in [5.41, 5.74) is 0.891. The van der Waals surface area contributed by atoms with Gasteiger partial charge in [-0.2, -0.15) is 0 Å². The summed E-state index contributed by atoms with van der Waals surface area (Å²) < 4.78 is 24.5. The van der Waals surface area contributed by atoms with Gasteiger partial charge in [-0.15, -0.1) is 0 Å². The van der Waals surface area contributed by atoms with Crippen LogP contribution in [0.15, 0.2) is 24.3 Å². The summed E-state index contributed by atoms with van der Waals surface area (Å²) in [5.74, 6) is -1.76. The lowest BCUT2D eigenvalue weighted by Gasteiger charge is -2.07. The first kappa shape index (κ1) is 14.2. The highest BCUT2D eigenvalue weighted by Gasteiger charge is 2.45. The Kier molecular flexibility index (Phi) is 4.16. The number of carbonyl (C=O) groups is 2. The number of nitrogens with one attached hydrogen (secondary N) is 2. The van der Waals surface area contributed by atoms with Crippen LogP contribution >= 0.6 is 0 Å². The average Bonchev–Trinajstić information content (AvgIpc) is 3.16. The summed E-state index contributed by atoms with van der Waals surface area (Å²) >= 11 is 0. The Morgan fingerprint density at radius 1 is 1.30 bits per heavy atom. The number of halogens is 2. The number of amides is 2. The summed E-state index contributed by atoms with van der Waals surface area (Å²) in [6.07, 6.45) is -2.10. The van der Waals surface area contributed by atoms with E-state index in [-0.39, 0.29) is 12.1 Å². The predicted octanol–water partition coefficient (Wildman–Crippen LogP) is 1.84. The van der Waals surface area contributed by atoms with Gasteiger partial charge in [-0.05, 0) is 24.1 Å². The van der Waals surface area contributed by atoms with Gasteiger partial charge in [0.05, 0.1) is 5.56 Å². The number of urea groups is 1. The fourth-order valence-electron chi connectivity index (χ4n) is 1.83. The van der Waals surface area contributed by atoms with E-state index in [1.807, 2.05) is 0 Å². The van der Waals surface area contributed by atoms with Gasteiger partial charge < -0.3 is 15.7 Å². The molecule has 1 aliphatic carbocycles. The van der Waals surface area contributed by atoms with Crippen molar-refractivity contribution in [2.24, 2.45) is 5.92 Å². The molecule has 20 heavy (non-hydrogen) atoms. The Morgan fingerprint density at radius 2 is 1.95 bits per heavy atom. The minimum Gasteiger partial charge on any atom is -0.478 e. The molecule has 1 aromatic carbocycles. The van der Waals surface area contributed by atoms with Crippen molar-refractivity contribution in [1.29, 1.82) is 0 Å². The van der Waals surface area contributed by atoms with E-state index in [9.17, 15) is 18.4 Å². The second-order valence-corrected chi connectivity index (χ2v) is 4.67. The number of carboxylic acid groups (broad SMARTS) is 1. The van der Waals surface area contributed by atoms with Gasteiger partial charge in [0.25, 0.3) is 0 Å². The molecule has 0 spiro atoms. The van der Waals surface area contributed by atoms with Crippen LogP contribution in [0.3, 0.4) is 0 Å². The third-order valence-electron chi connectivity index (χ3n) is 3.13. The van der Waals surface area contributed by atoms with Crippen molar-refractivity contribution in [1.82, 2.24) is 10.6 Å². The molecule has 7 heteroatoms. The zero-order valence-electron chi connectivity index (χ0n) is 10.5. The van der Waals surface area contributed by atoms with E-state index in [0.29, 0.717) is 6.42 Å². The highest BCUT2D eigenvalue weighted by molar-refractivity contribution is 5.87. The Balaban J connectivity index is 1.75. The monoisotopic (exact) mass is 284 g/mol. The molecule has 108 valence electrons. The fraction of sp³-hybridized carbons (Fsp3) is 0.385. The maximum atomic E-state index is 12.3. The highest BCUT2D eigenvalue weighted by Crippen LogP contribution is 2.35. The van der Waals surface area contributed by atoms with Crippen molar-refractivity contribution in [3.8, 4) is 0 Å². The molecule has 0 bridgehead atoms. The largest absolute Gasteiger partial charge is 0.478 e. The van der Waals surface area contributed by atoms with Crippen LogP contribution < -0.4 is 10.6 Å². The minimum atomic E-state index is -2.40. The Bertz CT molecular complexity index is 505. The SMILES string of the molecule is O=C(NCc1ccc(C(=O)O)cc1)N[C@H]1C[C@@H]1C(F)F. The molecule has 1 fully saturated rings. The second-order valence-electron chi connectivity index (χ2n) is 4.67. The molecule has 0 saturated heterocycles. The highest BCUT2D eigenvalue weighted by atomic mass is 19.3. The molecule has 0 radical (unpaired) electrons. The van der Waals surface area contributed by atoms with E-state index < -0.39 is 30.4 Å². The molecular weight excluding hydrogens is 270 g/mol. The molecule has 5 nitrogen and oxygen atoms in total. The first-order valence-electron chi connectivity index (χ1n) is 6.12. The van der Waals surface area contributed by atoms with Gasteiger partial charge in [-0.3, -0.25) is 0 Å².